The zero-order chi connectivity index (χ0) is 24.7. The van der Waals surface area contributed by atoms with Crippen molar-refractivity contribution in [2.75, 3.05) is 18.2 Å². The van der Waals surface area contributed by atoms with E-state index in [1.165, 1.54) is 18.9 Å². The van der Waals surface area contributed by atoms with Crippen molar-refractivity contribution in [1.82, 2.24) is 20.1 Å². The number of thioether (sulfide) groups is 1. The number of hydrogen-bond acceptors (Lipinski definition) is 7. The number of nitrogens with one attached hydrogen (secondary N) is 2. The highest BCUT2D eigenvalue weighted by Gasteiger charge is 2.21. The molecule has 0 aliphatic heterocycles. The van der Waals surface area contributed by atoms with Gasteiger partial charge in [-0.3, -0.25) is 9.59 Å². The monoisotopic (exact) mass is 501 g/mol. The van der Waals surface area contributed by atoms with Crippen molar-refractivity contribution in [3.05, 3.63) is 70.5 Å². The van der Waals surface area contributed by atoms with E-state index in [0.29, 0.717) is 33.8 Å². The zero-order valence-electron chi connectivity index (χ0n) is 18.9. The number of rotatable bonds is 9. The van der Waals surface area contributed by atoms with Gasteiger partial charge in [-0.25, -0.2) is 4.79 Å². The molecule has 0 saturated carbocycles. The highest BCUT2D eigenvalue weighted by Crippen LogP contribution is 2.23. The number of benzene rings is 2. The lowest BCUT2D eigenvalue weighted by Crippen LogP contribution is -2.29. The third-order valence-electron chi connectivity index (χ3n) is 4.85. The number of ether oxygens (including phenoxy) is 1. The van der Waals surface area contributed by atoms with Gasteiger partial charge in [-0.1, -0.05) is 47.6 Å². The molecule has 0 fully saturated rings. The van der Waals surface area contributed by atoms with Gasteiger partial charge in [-0.2, -0.15) is 0 Å². The number of aromatic nitrogens is 3. The maximum atomic E-state index is 12.6. The molecule has 9 nitrogen and oxygen atoms in total. The fraction of sp³-hybridized carbons (Fsp3) is 0.261. The van der Waals surface area contributed by atoms with E-state index in [1.54, 1.807) is 55.5 Å². The molecular weight excluding hydrogens is 478 g/mol. The third kappa shape index (κ3) is 5.95. The number of nitrogens with zero attached hydrogens (tertiary/aromatic N) is 3. The smallest absolute Gasteiger partial charge is 0.339 e. The lowest BCUT2D eigenvalue weighted by molar-refractivity contribution is -0.113. The maximum absolute atomic E-state index is 12.6. The lowest BCUT2D eigenvalue weighted by atomic mass is 10.2. The van der Waals surface area contributed by atoms with Crippen LogP contribution in [0.4, 0.5) is 5.69 Å². The molecule has 1 heterocycles. The first-order valence-electron chi connectivity index (χ1n) is 10.4. The summed E-state index contributed by atoms with van der Waals surface area (Å²) >= 11 is 7.32. The van der Waals surface area contributed by atoms with Gasteiger partial charge in [-0.15, -0.1) is 10.2 Å². The molecule has 3 rings (SSSR count). The molecule has 2 aromatic carbocycles. The lowest BCUT2D eigenvalue weighted by Gasteiger charge is -2.15. The summed E-state index contributed by atoms with van der Waals surface area (Å²) in [6, 6.07) is 13.0. The Bertz CT molecular complexity index is 1200. The summed E-state index contributed by atoms with van der Waals surface area (Å²) in [6.45, 7) is 4.27. The number of halogens is 1. The maximum Gasteiger partial charge on any atom is 0.339 e. The van der Waals surface area contributed by atoms with E-state index in [1.807, 2.05) is 11.5 Å². The molecule has 34 heavy (non-hydrogen) atoms. The molecule has 0 aliphatic carbocycles. The van der Waals surface area contributed by atoms with Crippen LogP contribution in [0.2, 0.25) is 5.02 Å². The van der Waals surface area contributed by atoms with E-state index < -0.39 is 12.0 Å². The molecule has 3 aromatic rings. The van der Waals surface area contributed by atoms with E-state index in [0.717, 1.165) is 0 Å². The van der Waals surface area contributed by atoms with Gasteiger partial charge in [0.25, 0.3) is 5.91 Å². The summed E-state index contributed by atoms with van der Waals surface area (Å²) < 4.78 is 6.58. The average molecular weight is 502 g/mol. The van der Waals surface area contributed by atoms with Crippen molar-refractivity contribution in [2.24, 2.45) is 0 Å². The van der Waals surface area contributed by atoms with E-state index in [4.69, 9.17) is 16.3 Å². The summed E-state index contributed by atoms with van der Waals surface area (Å²) in [5, 5.41) is 14.9. The van der Waals surface area contributed by atoms with Gasteiger partial charge in [0.1, 0.15) is 0 Å². The number of carbonyl (C=O) groups is 3. The second kappa shape index (κ2) is 11.7. The highest BCUT2D eigenvalue weighted by molar-refractivity contribution is 7.99. The largest absolute Gasteiger partial charge is 0.465 e. The van der Waals surface area contributed by atoms with Crippen LogP contribution in [0.1, 0.15) is 46.4 Å². The number of hydrogen-bond donors (Lipinski definition) is 2. The summed E-state index contributed by atoms with van der Waals surface area (Å²) in [5.41, 5.74) is 1.01. The second-order valence-corrected chi connectivity index (χ2v) is 8.48. The van der Waals surface area contributed by atoms with E-state index in [9.17, 15) is 14.4 Å². The predicted molar refractivity (Wildman–Crippen MR) is 130 cm³/mol. The number of para-hydroxylation sites is 1. The molecule has 2 N–H and O–H groups in total. The highest BCUT2D eigenvalue weighted by atomic mass is 35.5. The Balaban J connectivity index is 1.65. The molecule has 0 saturated heterocycles. The Kier molecular flexibility index (Phi) is 8.67. The van der Waals surface area contributed by atoms with Gasteiger partial charge in [0.2, 0.25) is 5.91 Å². The number of anilines is 1. The Morgan fingerprint density at radius 1 is 1.09 bits per heavy atom. The van der Waals surface area contributed by atoms with Crippen molar-refractivity contribution in [3.8, 4) is 0 Å². The van der Waals surface area contributed by atoms with Crippen LogP contribution in [0.25, 0.3) is 0 Å². The van der Waals surface area contributed by atoms with Gasteiger partial charge >= 0.3 is 5.97 Å². The molecule has 0 aliphatic rings. The van der Waals surface area contributed by atoms with Crippen LogP contribution in [0.3, 0.4) is 0 Å². The minimum Gasteiger partial charge on any atom is -0.465 e. The minimum atomic E-state index is -0.535. The van der Waals surface area contributed by atoms with Gasteiger partial charge in [-0.05, 0) is 38.1 Å². The van der Waals surface area contributed by atoms with Crippen LogP contribution in [0, 0.1) is 0 Å². The molecule has 0 unspecified atom stereocenters. The zero-order valence-corrected chi connectivity index (χ0v) is 20.4. The molecule has 1 atom stereocenters. The molecule has 11 heteroatoms. The Morgan fingerprint density at radius 2 is 1.76 bits per heavy atom. The number of methoxy groups -OCH3 is 1. The summed E-state index contributed by atoms with van der Waals surface area (Å²) in [5.74, 6) is -0.558. The van der Waals surface area contributed by atoms with Gasteiger partial charge in [0.05, 0.1) is 40.7 Å². The Labute approximate surface area is 206 Å². The van der Waals surface area contributed by atoms with Crippen LogP contribution in [0.15, 0.2) is 53.7 Å². The minimum absolute atomic E-state index is 0.0496. The van der Waals surface area contributed by atoms with E-state index >= 15 is 0 Å². The normalized spacial score (nSPS) is 11.5. The van der Waals surface area contributed by atoms with Crippen LogP contribution < -0.4 is 10.6 Å². The first kappa shape index (κ1) is 25.3. The molecule has 0 spiro atoms. The Morgan fingerprint density at radius 3 is 2.44 bits per heavy atom. The fourth-order valence-electron chi connectivity index (χ4n) is 3.21. The number of carbonyl (C=O) groups excluding carboxylic acids is 3. The third-order valence-corrected chi connectivity index (χ3v) is 6.15. The van der Waals surface area contributed by atoms with E-state index in [2.05, 4.69) is 20.8 Å². The van der Waals surface area contributed by atoms with Gasteiger partial charge < -0.3 is 19.9 Å². The quantitative estimate of drug-likeness (QED) is 0.337. The van der Waals surface area contributed by atoms with Crippen molar-refractivity contribution in [2.45, 2.75) is 31.6 Å². The van der Waals surface area contributed by atoms with Crippen molar-refractivity contribution in [3.63, 3.8) is 0 Å². The average Bonchev–Trinajstić information content (AvgIpc) is 3.26. The molecule has 178 valence electrons. The SMILES string of the molecule is CCn1c(SCC(=O)Nc2ccccc2C(=O)OC)nnc1[C@H](C)NC(=O)c1ccccc1Cl. The first-order valence-corrected chi connectivity index (χ1v) is 11.8. The summed E-state index contributed by atoms with van der Waals surface area (Å²) in [4.78, 5) is 37.0. The molecule has 0 radical (unpaired) electrons. The van der Waals surface area contributed by atoms with Gasteiger partial charge in [0, 0.05) is 6.54 Å². The van der Waals surface area contributed by atoms with E-state index in [-0.39, 0.29) is 23.1 Å². The second-order valence-electron chi connectivity index (χ2n) is 7.13. The predicted octanol–water partition coefficient (Wildman–Crippen LogP) is 3.96. The van der Waals surface area contributed by atoms with Crippen LogP contribution in [-0.4, -0.2) is 45.4 Å². The number of esters is 1. The van der Waals surface area contributed by atoms with Crippen LogP contribution in [-0.2, 0) is 16.1 Å². The van der Waals surface area contributed by atoms with Crippen molar-refractivity contribution < 1.29 is 19.1 Å². The molecule has 0 bridgehead atoms. The van der Waals surface area contributed by atoms with Crippen molar-refractivity contribution in [1.29, 1.82) is 0 Å². The van der Waals surface area contributed by atoms with Crippen molar-refractivity contribution >= 4 is 46.8 Å². The van der Waals surface area contributed by atoms with Crippen LogP contribution in [0.5, 0.6) is 0 Å². The fourth-order valence-corrected chi connectivity index (χ4v) is 4.24. The molecule has 2 amide bonds. The summed E-state index contributed by atoms with van der Waals surface area (Å²) in [6.07, 6.45) is 0. The molecular formula is C23H24ClN5O4S. The van der Waals surface area contributed by atoms with Gasteiger partial charge in [0.15, 0.2) is 11.0 Å². The standard InChI is InChI=1S/C23H24ClN5O4S/c1-4-29-20(14(2)25-21(31)15-9-5-7-11-17(15)24)27-28-23(29)34-13-19(30)26-18-12-8-6-10-16(18)22(32)33-3/h5-12,14H,4,13H2,1-3H3,(H,25,31)(H,26,30)/t14-/m0/s1. The number of amides is 2. The molecule has 1 aromatic heterocycles. The first-order chi connectivity index (χ1) is 16.3. The topological polar surface area (TPSA) is 115 Å². The summed E-state index contributed by atoms with van der Waals surface area (Å²) in [7, 11) is 1.28. The van der Waals surface area contributed by atoms with Crippen LogP contribution >= 0.6 is 23.4 Å². The Hall–Kier alpha value is -3.37.